The standard InChI is InChI=1S/C22H26FN5O2S/c1-15-10-20(26-19-8-4-7-18(23)11-19)12-21(25-15)17-6-5-9-28(14-17)31(29,30)22-13-24-27(3)16(22)2/h4,7-8,10-13,17H,5-6,9,14H2,1-3H3,(H,25,26). The van der Waals surface area contributed by atoms with Gasteiger partial charge in [0, 0.05) is 48.8 Å². The number of pyridine rings is 1. The van der Waals surface area contributed by atoms with Gasteiger partial charge in [0.25, 0.3) is 0 Å². The fourth-order valence-electron chi connectivity index (χ4n) is 3.98. The Hall–Kier alpha value is -2.78. The van der Waals surface area contributed by atoms with Gasteiger partial charge >= 0.3 is 0 Å². The number of aryl methyl sites for hydroxylation is 2. The highest BCUT2D eigenvalue weighted by Crippen LogP contribution is 2.32. The van der Waals surface area contributed by atoms with Gasteiger partial charge in [-0.3, -0.25) is 9.67 Å². The van der Waals surface area contributed by atoms with Crippen molar-refractivity contribution in [2.75, 3.05) is 18.4 Å². The van der Waals surface area contributed by atoms with Gasteiger partial charge in [-0.2, -0.15) is 9.40 Å². The molecule has 1 atom stereocenters. The molecule has 1 aliphatic rings. The lowest BCUT2D eigenvalue weighted by Crippen LogP contribution is -2.39. The van der Waals surface area contributed by atoms with Crippen LogP contribution in [-0.2, 0) is 17.1 Å². The first kappa shape index (κ1) is 21.5. The van der Waals surface area contributed by atoms with Crippen molar-refractivity contribution in [2.24, 2.45) is 7.05 Å². The highest BCUT2D eigenvalue weighted by atomic mass is 32.2. The first-order chi connectivity index (χ1) is 14.7. The summed E-state index contributed by atoms with van der Waals surface area (Å²) < 4.78 is 43.0. The van der Waals surface area contributed by atoms with Crippen LogP contribution in [0.5, 0.6) is 0 Å². The maximum absolute atomic E-state index is 13.5. The van der Waals surface area contributed by atoms with Crippen LogP contribution in [0, 0.1) is 19.7 Å². The summed E-state index contributed by atoms with van der Waals surface area (Å²) in [7, 11) is -1.89. The van der Waals surface area contributed by atoms with Gasteiger partial charge < -0.3 is 5.32 Å². The molecule has 1 N–H and O–H groups in total. The highest BCUT2D eigenvalue weighted by molar-refractivity contribution is 7.89. The van der Waals surface area contributed by atoms with E-state index in [9.17, 15) is 12.8 Å². The zero-order valence-corrected chi connectivity index (χ0v) is 18.7. The monoisotopic (exact) mass is 443 g/mol. The van der Waals surface area contributed by atoms with Gasteiger partial charge in [0.2, 0.25) is 10.0 Å². The number of nitrogens with zero attached hydrogens (tertiary/aromatic N) is 4. The molecule has 3 aromatic rings. The summed E-state index contributed by atoms with van der Waals surface area (Å²) in [5.74, 6) is -0.330. The van der Waals surface area contributed by atoms with E-state index in [0.29, 0.717) is 24.5 Å². The van der Waals surface area contributed by atoms with E-state index in [4.69, 9.17) is 0 Å². The molecule has 0 aliphatic carbocycles. The van der Waals surface area contributed by atoms with Gasteiger partial charge in [-0.15, -0.1) is 0 Å². The van der Waals surface area contributed by atoms with E-state index < -0.39 is 10.0 Å². The van der Waals surface area contributed by atoms with Crippen molar-refractivity contribution in [1.82, 2.24) is 19.1 Å². The van der Waals surface area contributed by atoms with Crippen LogP contribution in [0.3, 0.4) is 0 Å². The van der Waals surface area contributed by atoms with Crippen molar-refractivity contribution in [2.45, 2.75) is 37.5 Å². The van der Waals surface area contributed by atoms with Gasteiger partial charge in [0.05, 0.1) is 11.9 Å². The molecule has 7 nitrogen and oxygen atoms in total. The molecule has 1 unspecified atom stereocenters. The Kier molecular flexibility index (Phi) is 5.81. The second-order valence-electron chi connectivity index (χ2n) is 7.98. The number of rotatable bonds is 5. The summed E-state index contributed by atoms with van der Waals surface area (Å²) in [6, 6.07) is 10.1. The number of piperidine rings is 1. The van der Waals surface area contributed by atoms with Crippen molar-refractivity contribution >= 4 is 21.4 Å². The topological polar surface area (TPSA) is 80.1 Å². The van der Waals surface area contributed by atoms with Gasteiger partial charge in [0.1, 0.15) is 10.7 Å². The minimum atomic E-state index is -3.62. The second-order valence-corrected chi connectivity index (χ2v) is 9.88. The molecule has 2 aromatic heterocycles. The normalized spacial score (nSPS) is 17.6. The third-order valence-corrected chi connectivity index (χ3v) is 7.67. The summed E-state index contributed by atoms with van der Waals surface area (Å²) in [5, 5.41) is 7.31. The zero-order valence-electron chi connectivity index (χ0n) is 17.8. The average Bonchev–Trinajstić information content (AvgIpc) is 3.07. The number of halogens is 1. The number of nitrogens with one attached hydrogen (secondary N) is 1. The molecule has 0 bridgehead atoms. The predicted molar refractivity (Wildman–Crippen MR) is 117 cm³/mol. The minimum absolute atomic E-state index is 0.0199. The van der Waals surface area contributed by atoms with Crippen LogP contribution in [0.2, 0.25) is 0 Å². The number of anilines is 2. The van der Waals surface area contributed by atoms with Gasteiger partial charge in [0.15, 0.2) is 0 Å². The molecule has 4 rings (SSSR count). The largest absolute Gasteiger partial charge is 0.355 e. The lowest BCUT2D eigenvalue weighted by atomic mass is 9.95. The minimum Gasteiger partial charge on any atom is -0.355 e. The maximum Gasteiger partial charge on any atom is 0.246 e. The number of benzene rings is 1. The van der Waals surface area contributed by atoms with E-state index in [-0.39, 0.29) is 16.6 Å². The van der Waals surface area contributed by atoms with Crippen LogP contribution in [0.15, 0.2) is 47.5 Å². The number of hydrogen-bond acceptors (Lipinski definition) is 5. The Morgan fingerprint density at radius 3 is 2.68 bits per heavy atom. The molecule has 3 heterocycles. The van der Waals surface area contributed by atoms with Crippen LogP contribution in [0.25, 0.3) is 0 Å². The van der Waals surface area contributed by atoms with Crippen molar-refractivity contribution in [1.29, 1.82) is 0 Å². The van der Waals surface area contributed by atoms with Crippen molar-refractivity contribution < 1.29 is 12.8 Å². The van der Waals surface area contributed by atoms with Crippen LogP contribution >= 0.6 is 0 Å². The van der Waals surface area contributed by atoms with Crippen LogP contribution in [0.1, 0.15) is 35.8 Å². The third kappa shape index (κ3) is 4.47. The van der Waals surface area contributed by atoms with Crippen molar-refractivity contribution in [3.05, 3.63) is 65.5 Å². The van der Waals surface area contributed by atoms with Crippen LogP contribution in [0.4, 0.5) is 15.8 Å². The smallest absolute Gasteiger partial charge is 0.246 e. The Morgan fingerprint density at radius 2 is 1.97 bits per heavy atom. The Bertz CT molecular complexity index is 1210. The van der Waals surface area contributed by atoms with E-state index in [1.54, 1.807) is 30.8 Å². The lowest BCUT2D eigenvalue weighted by Gasteiger charge is -2.31. The lowest BCUT2D eigenvalue weighted by molar-refractivity contribution is 0.312. The number of sulfonamides is 1. The molecule has 0 spiro atoms. The van der Waals surface area contributed by atoms with Crippen LogP contribution < -0.4 is 5.32 Å². The average molecular weight is 444 g/mol. The Balaban J connectivity index is 1.58. The van der Waals surface area contributed by atoms with Crippen molar-refractivity contribution in [3.8, 4) is 0 Å². The van der Waals surface area contributed by atoms with E-state index >= 15 is 0 Å². The number of aromatic nitrogens is 3. The molecule has 1 aromatic carbocycles. The predicted octanol–water partition coefficient (Wildman–Crippen LogP) is 3.88. The summed E-state index contributed by atoms with van der Waals surface area (Å²) in [6.45, 7) is 4.50. The molecule has 9 heteroatoms. The van der Waals surface area contributed by atoms with E-state index in [1.807, 2.05) is 19.1 Å². The molecule has 0 radical (unpaired) electrons. The zero-order chi connectivity index (χ0) is 22.2. The quantitative estimate of drug-likeness (QED) is 0.647. The van der Waals surface area contributed by atoms with E-state index in [1.165, 1.54) is 22.6 Å². The number of hydrogen-bond donors (Lipinski definition) is 1. The molecule has 31 heavy (non-hydrogen) atoms. The fraction of sp³-hybridized carbons (Fsp3) is 0.364. The third-order valence-electron chi connectivity index (χ3n) is 5.70. The van der Waals surface area contributed by atoms with E-state index in [0.717, 1.165) is 29.9 Å². The summed E-state index contributed by atoms with van der Waals surface area (Å²) in [4.78, 5) is 4.93. The summed E-state index contributed by atoms with van der Waals surface area (Å²) >= 11 is 0. The summed E-state index contributed by atoms with van der Waals surface area (Å²) in [6.07, 6.45) is 3.03. The second kappa shape index (κ2) is 8.39. The van der Waals surface area contributed by atoms with Gasteiger partial charge in [-0.05, 0) is 57.0 Å². The first-order valence-corrected chi connectivity index (χ1v) is 11.7. The van der Waals surface area contributed by atoms with E-state index in [2.05, 4.69) is 15.4 Å². The van der Waals surface area contributed by atoms with Crippen molar-refractivity contribution in [3.63, 3.8) is 0 Å². The summed E-state index contributed by atoms with van der Waals surface area (Å²) in [5.41, 5.74) is 3.73. The van der Waals surface area contributed by atoms with Crippen LogP contribution in [-0.4, -0.2) is 40.6 Å². The first-order valence-electron chi connectivity index (χ1n) is 10.2. The van der Waals surface area contributed by atoms with Gasteiger partial charge in [-0.1, -0.05) is 6.07 Å². The fourth-order valence-corrected chi connectivity index (χ4v) is 5.69. The molecule has 0 amide bonds. The SMILES string of the molecule is Cc1cc(Nc2cccc(F)c2)cc(C2CCCN(S(=O)(=O)c3cnn(C)c3C)C2)n1. The highest BCUT2D eigenvalue weighted by Gasteiger charge is 2.33. The molecule has 164 valence electrons. The molecule has 1 saturated heterocycles. The molecule has 1 fully saturated rings. The Labute approximate surface area is 182 Å². The maximum atomic E-state index is 13.5. The Morgan fingerprint density at radius 1 is 1.16 bits per heavy atom. The van der Waals surface area contributed by atoms with Gasteiger partial charge in [-0.25, -0.2) is 12.8 Å². The molecule has 0 saturated carbocycles. The molecular weight excluding hydrogens is 417 g/mol. The molecule has 1 aliphatic heterocycles. The molecular formula is C22H26FN5O2S.